The van der Waals surface area contributed by atoms with Gasteiger partial charge in [-0.15, -0.1) is 0 Å². The highest BCUT2D eigenvalue weighted by molar-refractivity contribution is 5.79. The Balaban J connectivity index is 2.14. The highest BCUT2D eigenvalue weighted by Gasteiger charge is 2.44. The van der Waals surface area contributed by atoms with Crippen molar-refractivity contribution in [3.05, 3.63) is 0 Å². The second kappa shape index (κ2) is 2.73. The number of carbonyl (C=O) groups excluding carboxylic acids is 1. The molecule has 3 heteroatoms. The normalized spacial score (nSPS) is 28.4. The Morgan fingerprint density at radius 3 is 2.33 bits per heavy atom. The van der Waals surface area contributed by atoms with E-state index >= 15 is 0 Å². The van der Waals surface area contributed by atoms with Gasteiger partial charge in [-0.1, -0.05) is 19.3 Å². The van der Waals surface area contributed by atoms with E-state index in [2.05, 4.69) is 0 Å². The average Bonchev–Trinajstić information content (AvgIpc) is 2.37. The van der Waals surface area contributed by atoms with Crippen LogP contribution in [0.4, 0.5) is 0 Å². The number of nitrogens with zero attached hydrogens (tertiary/aromatic N) is 1. The maximum absolute atomic E-state index is 11.2. The number of nitrogens with two attached hydrogens (primary N) is 1. The molecule has 3 nitrogen and oxygen atoms in total. The van der Waals surface area contributed by atoms with Crippen molar-refractivity contribution in [1.29, 1.82) is 0 Å². The summed E-state index contributed by atoms with van der Waals surface area (Å²) >= 11 is 0. The zero-order valence-electron chi connectivity index (χ0n) is 7.38. The van der Waals surface area contributed by atoms with Gasteiger partial charge in [-0.25, -0.2) is 5.84 Å². The van der Waals surface area contributed by atoms with Gasteiger partial charge >= 0.3 is 0 Å². The lowest BCUT2D eigenvalue weighted by atomic mass is 9.80. The molecule has 1 heterocycles. The third-order valence-corrected chi connectivity index (χ3v) is 3.37. The summed E-state index contributed by atoms with van der Waals surface area (Å²) in [4.78, 5) is 11.2. The molecule has 0 bridgehead atoms. The lowest BCUT2D eigenvalue weighted by molar-refractivity contribution is -0.132. The van der Waals surface area contributed by atoms with Gasteiger partial charge in [0.2, 0.25) is 5.91 Å². The summed E-state index contributed by atoms with van der Waals surface area (Å²) in [7, 11) is 0. The quantitative estimate of drug-likeness (QED) is 0.436. The van der Waals surface area contributed by atoms with E-state index in [1.165, 1.54) is 24.3 Å². The van der Waals surface area contributed by atoms with E-state index in [-0.39, 0.29) is 11.4 Å². The minimum absolute atomic E-state index is 0.0648. The number of hydrazine groups is 1. The third kappa shape index (κ3) is 1.04. The molecule has 1 aliphatic heterocycles. The van der Waals surface area contributed by atoms with Crippen LogP contribution in [0.25, 0.3) is 0 Å². The molecular formula is C9H16N2O. The highest BCUT2D eigenvalue weighted by Crippen LogP contribution is 2.39. The van der Waals surface area contributed by atoms with E-state index in [0.717, 1.165) is 19.3 Å². The summed E-state index contributed by atoms with van der Waals surface area (Å²) in [6, 6.07) is 0. The Hall–Kier alpha value is -0.570. The standard InChI is InChI=1S/C9H16N2O/c10-11-8(12)4-7-9(11)5-2-1-3-6-9/h1-7,10H2. The molecule has 0 radical (unpaired) electrons. The van der Waals surface area contributed by atoms with Crippen molar-refractivity contribution in [2.24, 2.45) is 5.84 Å². The van der Waals surface area contributed by atoms with E-state index in [1.54, 1.807) is 0 Å². The molecule has 0 aromatic carbocycles. The van der Waals surface area contributed by atoms with Gasteiger partial charge in [0, 0.05) is 6.42 Å². The SMILES string of the molecule is NN1C(=O)CCC12CCCCC2. The second-order valence-corrected chi connectivity index (χ2v) is 4.05. The minimum atomic E-state index is 0.0648. The van der Waals surface area contributed by atoms with Gasteiger partial charge in [-0.3, -0.25) is 9.80 Å². The summed E-state index contributed by atoms with van der Waals surface area (Å²) in [5.74, 6) is 5.91. The predicted octanol–water partition coefficient (Wildman–Crippen LogP) is 1.19. The van der Waals surface area contributed by atoms with Crippen LogP contribution in [0.15, 0.2) is 0 Å². The smallest absolute Gasteiger partial charge is 0.237 e. The zero-order valence-corrected chi connectivity index (χ0v) is 7.38. The molecular weight excluding hydrogens is 152 g/mol. The van der Waals surface area contributed by atoms with Gasteiger partial charge in [0.05, 0.1) is 5.54 Å². The van der Waals surface area contributed by atoms with Crippen LogP contribution in [0.1, 0.15) is 44.9 Å². The molecule has 2 N–H and O–H groups in total. The molecule has 0 aromatic rings. The largest absolute Gasteiger partial charge is 0.275 e. The molecule has 1 saturated carbocycles. The maximum Gasteiger partial charge on any atom is 0.237 e. The first-order chi connectivity index (χ1) is 5.75. The Bertz CT molecular complexity index is 197. The fourth-order valence-corrected chi connectivity index (χ4v) is 2.55. The zero-order chi connectivity index (χ0) is 8.60. The van der Waals surface area contributed by atoms with Crippen molar-refractivity contribution in [1.82, 2.24) is 5.01 Å². The Labute approximate surface area is 72.9 Å². The van der Waals surface area contributed by atoms with Crippen molar-refractivity contribution >= 4 is 5.91 Å². The lowest BCUT2D eigenvalue weighted by Crippen LogP contribution is -2.51. The van der Waals surface area contributed by atoms with Gasteiger partial charge < -0.3 is 0 Å². The summed E-state index contributed by atoms with van der Waals surface area (Å²) in [5, 5.41) is 1.52. The van der Waals surface area contributed by atoms with Crippen molar-refractivity contribution < 1.29 is 4.79 Å². The van der Waals surface area contributed by atoms with E-state index in [0.29, 0.717) is 6.42 Å². The molecule has 2 fully saturated rings. The van der Waals surface area contributed by atoms with E-state index in [4.69, 9.17) is 5.84 Å². The Morgan fingerprint density at radius 2 is 1.83 bits per heavy atom. The van der Waals surface area contributed by atoms with Crippen LogP contribution in [0.5, 0.6) is 0 Å². The first kappa shape index (κ1) is 8.05. The fraction of sp³-hybridized carbons (Fsp3) is 0.889. The van der Waals surface area contributed by atoms with Crippen molar-refractivity contribution in [2.45, 2.75) is 50.5 Å². The minimum Gasteiger partial charge on any atom is -0.275 e. The molecule has 0 atom stereocenters. The molecule has 1 aliphatic carbocycles. The van der Waals surface area contributed by atoms with Crippen LogP contribution in [-0.2, 0) is 4.79 Å². The molecule has 1 amide bonds. The number of hydrogen-bond acceptors (Lipinski definition) is 2. The van der Waals surface area contributed by atoms with Crippen molar-refractivity contribution in [3.8, 4) is 0 Å². The number of hydrogen-bond donors (Lipinski definition) is 1. The Kier molecular flexibility index (Phi) is 1.83. The van der Waals surface area contributed by atoms with Crippen molar-refractivity contribution in [2.75, 3.05) is 0 Å². The topological polar surface area (TPSA) is 46.3 Å². The molecule has 68 valence electrons. The fourth-order valence-electron chi connectivity index (χ4n) is 2.55. The summed E-state index contributed by atoms with van der Waals surface area (Å²) < 4.78 is 0. The van der Waals surface area contributed by atoms with Gasteiger partial charge in [-0.2, -0.15) is 0 Å². The van der Waals surface area contributed by atoms with Gasteiger partial charge in [0.1, 0.15) is 0 Å². The maximum atomic E-state index is 11.2. The van der Waals surface area contributed by atoms with Crippen LogP contribution in [0.3, 0.4) is 0 Å². The molecule has 1 spiro atoms. The number of amides is 1. The van der Waals surface area contributed by atoms with Gasteiger partial charge in [0.15, 0.2) is 0 Å². The van der Waals surface area contributed by atoms with Crippen molar-refractivity contribution in [3.63, 3.8) is 0 Å². The van der Waals surface area contributed by atoms with Crippen LogP contribution >= 0.6 is 0 Å². The molecule has 2 aliphatic rings. The molecule has 0 unspecified atom stereocenters. The van der Waals surface area contributed by atoms with Crippen LogP contribution in [0, 0.1) is 0 Å². The van der Waals surface area contributed by atoms with E-state index < -0.39 is 0 Å². The third-order valence-electron chi connectivity index (χ3n) is 3.37. The average molecular weight is 168 g/mol. The molecule has 0 aromatic heterocycles. The van der Waals surface area contributed by atoms with Crippen LogP contribution in [-0.4, -0.2) is 16.5 Å². The van der Waals surface area contributed by atoms with E-state index in [9.17, 15) is 4.79 Å². The van der Waals surface area contributed by atoms with Crippen LogP contribution < -0.4 is 5.84 Å². The lowest BCUT2D eigenvalue weighted by Gasteiger charge is -2.38. The van der Waals surface area contributed by atoms with E-state index in [1.807, 2.05) is 0 Å². The Morgan fingerprint density at radius 1 is 1.17 bits per heavy atom. The highest BCUT2D eigenvalue weighted by atomic mass is 16.2. The molecule has 12 heavy (non-hydrogen) atoms. The van der Waals surface area contributed by atoms with Crippen LogP contribution in [0.2, 0.25) is 0 Å². The second-order valence-electron chi connectivity index (χ2n) is 4.05. The summed E-state index contributed by atoms with van der Waals surface area (Å²) in [5.41, 5.74) is 0.0648. The van der Waals surface area contributed by atoms with Gasteiger partial charge in [0.25, 0.3) is 0 Å². The van der Waals surface area contributed by atoms with Gasteiger partial charge in [-0.05, 0) is 19.3 Å². The predicted molar refractivity (Wildman–Crippen MR) is 46.1 cm³/mol. The summed E-state index contributed by atoms with van der Waals surface area (Å²) in [6.45, 7) is 0. The molecule has 2 rings (SSSR count). The number of rotatable bonds is 0. The monoisotopic (exact) mass is 168 g/mol. The summed E-state index contributed by atoms with van der Waals surface area (Å²) in [6.07, 6.45) is 7.68. The number of carbonyl (C=O) groups is 1. The molecule has 1 saturated heterocycles. The first-order valence-corrected chi connectivity index (χ1v) is 4.82. The first-order valence-electron chi connectivity index (χ1n) is 4.82.